The third-order valence-electron chi connectivity index (χ3n) is 11.0. The Bertz CT molecular complexity index is 1970. The SMILES string of the molecule is C#Cc1c(F)ccc2cc(O)cc(-c3ncc4c(N5CCCOCC5)nc(OC[C@]56CCC[C@H]5N(C5CC(F)(F)C5)CCC6)nc4c3F)c12. The molecule has 0 radical (unpaired) electrons. The summed E-state index contributed by atoms with van der Waals surface area (Å²) >= 11 is 0. The minimum Gasteiger partial charge on any atom is -0.508 e. The third-order valence-corrected chi connectivity index (χ3v) is 11.0. The maximum Gasteiger partial charge on any atom is 0.319 e. The molecule has 2 aromatic carbocycles. The highest BCUT2D eigenvalue weighted by atomic mass is 19.3. The molecule has 49 heavy (non-hydrogen) atoms. The van der Waals surface area contributed by atoms with Gasteiger partial charge in [0.15, 0.2) is 5.82 Å². The Kier molecular flexibility index (Phi) is 8.03. The van der Waals surface area contributed by atoms with E-state index in [1.165, 1.54) is 30.5 Å². The molecular weight excluding hydrogens is 638 g/mol. The lowest BCUT2D eigenvalue weighted by Crippen LogP contribution is -2.60. The fraction of sp³-hybridized carbons (Fsp3) is 0.486. The van der Waals surface area contributed by atoms with E-state index in [-0.39, 0.29) is 76.4 Å². The molecule has 12 heteroatoms. The number of likely N-dealkylation sites (tertiary alicyclic amines) is 1. The molecule has 1 N–H and O–H groups in total. The molecule has 256 valence electrons. The van der Waals surface area contributed by atoms with E-state index >= 15 is 4.39 Å². The molecule has 0 spiro atoms. The summed E-state index contributed by atoms with van der Waals surface area (Å²) in [6.07, 6.45) is 12.3. The van der Waals surface area contributed by atoms with Gasteiger partial charge in [-0.1, -0.05) is 18.4 Å². The van der Waals surface area contributed by atoms with Crippen LogP contribution in [0.2, 0.25) is 0 Å². The van der Waals surface area contributed by atoms with Gasteiger partial charge in [0.25, 0.3) is 5.92 Å². The number of phenols is 1. The molecule has 0 amide bonds. The van der Waals surface area contributed by atoms with Gasteiger partial charge in [-0.05, 0) is 62.2 Å². The first-order chi connectivity index (χ1) is 23.7. The van der Waals surface area contributed by atoms with Gasteiger partial charge in [-0.25, -0.2) is 17.6 Å². The van der Waals surface area contributed by atoms with E-state index in [0.29, 0.717) is 42.9 Å². The van der Waals surface area contributed by atoms with Crippen LogP contribution in [-0.2, 0) is 4.74 Å². The van der Waals surface area contributed by atoms with Gasteiger partial charge < -0.3 is 19.5 Å². The number of ether oxygens (including phenoxy) is 2. The summed E-state index contributed by atoms with van der Waals surface area (Å²) < 4.78 is 71.6. The summed E-state index contributed by atoms with van der Waals surface area (Å²) in [4.78, 5) is 18.2. The number of hydrogen-bond acceptors (Lipinski definition) is 8. The number of terminal acetylenes is 1. The Morgan fingerprint density at radius 3 is 2.69 bits per heavy atom. The van der Waals surface area contributed by atoms with Crippen LogP contribution in [0.5, 0.6) is 11.8 Å². The van der Waals surface area contributed by atoms with Crippen LogP contribution in [0.25, 0.3) is 32.9 Å². The number of phenolic OH excluding ortho intramolecular Hbond substituents is 1. The number of nitrogens with zero attached hydrogens (tertiary/aromatic N) is 5. The average Bonchev–Trinajstić information content (AvgIpc) is 3.32. The number of anilines is 1. The predicted molar refractivity (Wildman–Crippen MR) is 177 cm³/mol. The highest BCUT2D eigenvalue weighted by molar-refractivity contribution is 6.03. The summed E-state index contributed by atoms with van der Waals surface area (Å²) in [6, 6.07) is 5.44. The van der Waals surface area contributed by atoms with Crippen LogP contribution in [0, 0.1) is 29.4 Å². The first kappa shape index (κ1) is 32.0. The van der Waals surface area contributed by atoms with Crippen LogP contribution in [0.15, 0.2) is 30.5 Å². The Morgan fingerprint density at radius 2 is 1.88 bits per heavy atom. The molecule has 2 saturated carbocycles. The Hall–Kier alpha value is -4.21. The largest absolute Gasteiger partial charge is 0.508 e. The first-order valence-corrected chi connectivity index (χ1v) is 17.0. The molecule has 4 aliphatic rings. The van der Waals surface area contributed by atoms with Crippen LogP contribution in [0.1, 0.15) is 56.9 Å². The molecule has 2 aliphatic carbocycles. The number of halogens is 4. The van der Waals surface area contributed by atoms with Gasteiger partial charge >= 0.3 is 6.01 Å². The number of aromatic nitrogens is 3. The summed E-state index contributed by atoms with van der Waals surface area (Å²) in [5.41, 5.74) is -0.365. The van der Waals surface area contributed by atoms with Crippen LogP contribution in [0.3, 0.4) is 0 Å². The maximum atomic E-state index is 16.9. The van der Waals surface area contributed by atoms with Crippen LogP contribution in [-0.4, -0.2) is 82.4 Å². The lowest BCUT2D eigenvalue weighted by atomic mass is 9.73. The van der Waals surface area contributed by atoms with Gasteiger partial charge in [-0.2, -0.15) is 9.97 Å². The van der Waals surface area contributed by atoms with E-state index < -0.39 is 17.6 Å². The number of piperidine rings is 1. The first-order valence-electron chi connectivity index (χ1n) is 17.0. The Labute approximate surface area is 281 Å². The molecule has 2 aliphatic heterocycles. The van der Waals surface area contributed by atoms with Gasteiger partial charge in [-0.15, -0.1) is 6.42 Å². The molecule has 8 nitrogen and oxygen atoms in total. The van der Waals surface area contributed by atoms with E-state index in [9.17, 15) is 18.3 Å². The van der Waals surface area contributed by atoms with Crippen molar-refractivity contribution in [2.75, 3.05) is 44.4 Å². The molecule has 0 bridgehead atoms. The van der Waals surface area contributed by atoms with Gasteiger partial charge in [0.1, 0.15) is 28.6 Å². The van der Waals surface area contributed by atoms with Gasteiger partial charge in [0.05, 0.1) is 24.2 Å². The van der Waals surface area contributed by atoms with Crippen LogP contribution >= 0.6 is 0 Å². The number of aromatic hydroxyl groups is 1. The Morgan fingerprint density at radius 1 is 1.04 bits per heavy atom. The molecule has 4 heterocycles. The smallest absolute Gasteiger partial charge is 0.319 e. The van der Waals surface area contributed by atoms with E-state index in [4.69, 9.17) is 20.9 Å². The van der Waals surface area contributed by atoms with Crippen molar-refractivity contribution in [2.24, 2.45) is 5.41 Å². The topological polar surface area (TPSA) is 83.8 Å². The fourth-order valence-electron chi connectivity index (χ4n) is 8.67. The van der Waals surface area contributed by atoms with Crippen molar-refractivity contribution in [3.8, 4) is 35.4 Å². The molecule has 0 unspecified atom stereocenters. The Balaban J connectivity index is 1.21. The molecule has 4 fully saturated rings. The molecule has 8 rings (SSSR count). The van der Waals surface area contributed by atoms with Crippen molar-refractivity contribution in [2.45, 2.75) is 69.4 Å². The summed E-state index contributed by atoms with van der Waals surface area (Å²) in [5.74, 6) is -1.36. The van der Waals surface area contributed by atoms with E-state index in [2.05, 4.69) is 20.8 Å². The lowest BCUT2D eigenvalue weighted by Gasteiger charge is -2.53. The van der Waals surface area contributed by atoms with Crippen LogP contribution < -0.4 is 9.64 Å². The quantitative estimate of drug-likeness (QED) is 0.176. The summed E-state index contributed by atoms with van der Waals surface area (Å²) in [7, 11) is 0. The monoisotopic (exact) mass is 675 g/mol. The number of pyridine rings is 1. The second-order valence-corrected chi connectivity index (χ2v) is 13.9. The molecule has 2 aromatic heterocycles. The van der Waals surface area contributed by atoms with Gasteiger partial charge in [0, 0.05) is 67.2 Å². The summed E-state index contributed by atoms with van der Waals surface area (Å²) in [6.45, 7) is 3.27. The van der Waals surface area contributed by atoms with E-state index in [1.54, 1.807) is 0 Å². The number of benzene rings is 2. The van der Waals surface area contributed by atoms with Crippen molar-refractivity contribution in [3.63, 3.8) is 0 Å². The number of hydrogen-bond donors (Lipinski definition) is 1. The minimum absolute atomic E-state index is 0.00664. The zero-order valence-electron chi connectivity index (χ0n) is 27.0. The highest BCUT2D eigenvalue weighted by Crippen LogP contribution is 2.52. The molecule has 2 atom stereocenters. The number of alkyl halides is 2. The number of rotatable bonds is 6. The highest BCUT2D eigenvalue weighted by Gasteiger charge is 2.55. The van der Waals surface area contributed by atoms with Crippen LogP contribution in [0.4, 0.5) is 23.4 Å². The molecule has 4 aromatic rings. The zero-order chi connectivity index (χ0) is 33.9. The maximum absolute atomic E-state index is 16.9. The molecule has 2 saturated heterocycles. The van der Waals surface area contributed by atoms with Crippen molar-refractivity contribution < 1.29 is 32.1 Å². The molecular formula is C37H37F4N5O3. The number of fused-ring (bicyclic) bond motifs is 3. The van der Waals surface area contributed by atoms with E-state index in [1.807, 2.05) is 4.90 Å². The van der Waals surface area contributed by atoms with Crippen molar-refractivity contribution in [3.05, 3.63) is 47.7 Å². The third kappa shape index (κ3) is 5.61. The van der Waals surface area contributed by atoms with Gasteiger partial charge in [-0.3, -0.25) is 9.88 Å². The van der Waals surface area contributed by atoms with Crippen molar-refractivity contribution in [1.29, 1.82) is 0 Å². The normalized spacial score (nSPS) is 24.4. The minimum atomic E-state index is -2.59. The second kappa shape index (κ2) is 12.3. The van der Waals surface area contributed by atoms with E-state index in [0.717, 1.165) is 45.1 Å². The summed E-state index contributed by atoms with van der Waals surface area (Å²) in [5, 5.41) is 11.6. The van der Waals surface area contributed by atoms with Gasteiger partial charge in [0.2, 0.25) is 0 Å². The van der Waals surface area contributed by atoms with Crippen molar-refractivity contribution >= 4 is 27.5 Å². The van der Waals surface area contributed by atoms with Crippen molar-refractivity contribution in [1.82, 2.24) is 19.9 Å². The standard InChI is InChI=1S/C37H37F4N5O3/c1-2-25-28(38)8-7-22-16-24(47)17-26(30(22)25)32-31(39)33-27(20-42-32)34(45-11-5-14-48-15-13-45)44-35(43-33)49-21-36-9-3-6-29(36)46(12-4-10-36)23-18-37(40,41)19-23/h1,7-8,16-17,20,23,29,47H,3-6,9-15,18-19,21H2/t29-,36-/m1/s1. The second-order valence-electron chi connectivity index (χ2n) is 13.9. The predicted octanol–water partition coefficient (Wildman–Crippen LogP) is 6.85. The lowest BCUT2D eigenvalue weighted by molar-refractivity contribution is -0.150. The zero-order valence-corrected chi connectivity index (χ0v) is 27.0. The fourth-order valence-corrected chi connectivity index (χ4v) is 8.67. The average molecular weight is 676 g/mol.